The predicted molar refractivity (Wildman–Crippen MR) is 82.5 cm³/mol. The summed E-state index contributed by atoms with van der Waals surface area (Å²) in [5.41, 5.74) is 17.2. The summed E-state index contributed by atoms with van der Waals surface area (Å²) >= 11 is 0. The highest BCUT2D eigenvalue weighted by Gasteiger charge is 2.21. The third kappa shape index (κ3) is 4.75. The van der Waals surface area contributed by atoms with E-state index in [9.17, 15) is 0 Å². The zero-order chi connectivity index (χ0) is 15.0. The fourth-order valence-electron chi connectivity index (χ4n) is 2.53. The number of nitrogens with two attached hydrogens (primary N) is 1. The van der Waals surface area contributed by atoms with Gasteiger partial charge in [-0.15, -0.1) is 5.10 Å². The standard InChI is InChI=1S/C14H26N6/c1-4-5-6-7-12-10(2)8-9-13(14(15)19-20-16)18-17-11(12)3/h9-10,12,18H,4-8H2,1-3H3,(H3,15,16,19)/b13-9+,17-11+. The van der Waals surface area contributed by atoms with Crippen molar-refractivity contribution in [1.29, 1.82) is 5.53 Å². The number of nitrogens with one attached hydrogen (secondary N) is 2. The minimum Gasteiger partial charge on any atom is -0.380 e. The molecule has 6 heteroatoms. The molecule has 0 saturated heterocycles. The lowest BCUT2D eigenvalue weighted by Gasteiger charge is -2.25. The summed E-state index contributed by atoms with van der Waals surface area (Å²) in [6.07, 6.45) is 7.85. The summed E-state index contributed by atoms with van der Waals surface area (Å²) in [7, 11) is 0. The molecule has 2 atom stereocenters. The van der Waals surface area contributed by atoms with Crippen LogP contribution < -0.4 is 11.2 Å². The van der Waals surface area contributed by atoms with Gasteiger partial charge in [-0.05, 0) is 25.7 Å². The second-order valence-corrected chi connectivity index (χ2v) is 5.38. The van der Waals surface area contributed by atoms with Gasteiger partial charge in [0, 0.05) is 11.6 Å². The van der Waals surface area contributed by atoms with Crippen LogP contribution in [0, 0.1) is 17.4 Å². The van der Waals surface area contributed by atoms with Crippen molar-refractivity contribution in [2.45, 2.75) is 52.9 Å². The normalized spacial score (nSPS) is 29.2. The molecule has 0 aliphatic carbocycles. The second kappa shape index (κ2) is 8.45. The second-order valence-electron chi connectivity index (χ2n) is 5.38. The van der Waals surface area contributed by atoms with Crippen LogP contribution >= 0.6 is 0 Å². The Kier molecular flexibility index (Phi) is 6.90. The van der Waals surface area contributed by atoms with E-state index in [2.05, 4.69) is 41.6 Å². The van der Waals surface area contributed by atoms with E-state index in [0.717, 1.165) is 12.1 Å². The number of hydrogen-bond donors (Lipinski definition) is 3. The van der Waals surface area contributed by atoms with Crippen molar-refractivity contribution in [2.24, 2.45) is 33.0 Å². The van der Waals surface area contributed by atoms with Gasteiger partial charge < -0.3 is 5.73 Å². The predicted octanol–water partition coefficient (Wildman–Crippen LogP) is 3.38. The van der Waals surface area contributed by atoms with Crippen LogP contribution in [0.1, 0.15) is 52.9 Å². The van der Waals surface area contributed by atoms with Gasteiger partial charge in [-0.2, -0.15) is 10.6 Å². The van der Waals surface area contributed by atoms with Gasteiger partial charge in [0.25, 0.3) is 0 Å². The highest BCUT2D eigenvalue weighted by molar-refractivity contribution is 5.96. The van der Waals surface area contributed by atoms with E-state index in [4.69, 9.17) is 11.3 Å². The smallest absolute Gasteiger partial charge is 0.172 e. The fraction of sp³-hybridized carbons (Fsp3) is 0.714. The first-order chi connectivity index (χ1) is 9.60. The Morgan fingerprint density at radius 3 is 2.95 bits per heavy atom. The first kappa shape index (κ1) is 16.3. The lowest BCUT2D eigenvalue weighted by atomic mass is 9.83. The van der Waals surface area contributed by atoms with Crippen molar-refractivity contribution in [3.8, 4) is 0 Å². The van der Waals surface area contributed by atoms with Crippen LogP contribution in [0.3, 0.4) is 0 Å². The molecule has 0 aromatic carbocycles. The molecule has 0 amide bonds. The molecule has 0 spiro atoms. The van der Waals surface area contributed by atoms with E-state index in [1.54, 1.807) is 0 Å². The van der Waals surface area contributed by atoms with E-state index >= 15 is 0 Å². The summed E-state index contributed by atoms with van der Waals surface area (Å²) in [6.45, 7) is 6.53. The minimum absolute atomic E-state index is 0.202. The monoisotopic (exact) mass is 278 g/mol. The van der Waals surface area contributed by atoms with E-state index in [0.29, 0.717) is 17.5 Å². The van der Waals surface area contributed by atoms with Gasteiger partial charge in [0.05, 0.1) is 5.70 Å². The number of rotatable bonds is 6. The largest absolute Gasteiger partial charge is 0.380 e. The molecule has 6 nitrogen and oxygen atoms in total. The Morgan fingerprint density at radius 1 is 1.55 bits per heavy atom. The van der Waals surface area contributed by atoms with Gasteiger partial charge in [-0.25, -0.2) is 0 Å². The van der Waals surface area contributed by atoms with Crippen LogP contribution in [0.4, 0.5) is 0 Å². The molecule has 20 heavy (non-hydrogen) atoms. The molecular formula is C14H26N6. The van der Waals surface area contributed by atoms with E-state index in [1.165, 1.54) is 25.7 Å². The molecule has 1 aliphatic rings. The Labute approximate surface area is 121 Å². The Morgan fingerprint density at radius 2 is 2.30 bits per heavy atom. The van der Waals surface area contributed by atoms with Crippen LogP contribution in [0.5, 0.6) is 0 Å². The summed E-state index contributed by atoms with van der Waals surface area (Å²) in [4.78, 5) is 0. The van der Waals surface area contributed by atoms with E-state index < -0.39 is 0 Å². The van der Waals surface area contributed by atoms with Gasteiger partial charge in [0.15, 0.2) is 5.84 Å². The quantitative estimate of drug-likeness (QED) is 0.228. The molecule has 0 aromatic heterocycles. The molecule has 0 saturated carbocycles. The highest BCUT2D eigenvalue weighted by atomic mass is 15.4. The molecule has 1 rings (SSSR count). The van der Waals surface area contributed by atoms with Gasteiger partial charge in [0.1, 0.15) is 0 Å². The SMILES string of the molecule is CCCCCC1/C(C)=N/N/C(C(N)=NN=N)=C/CC1C. The number of allylic oxidation sites excluding steroid dienone is 1. The Hall–Kier alpha value is -1.72. The molecule has 1 aliphatic heterocycles. The number of nitrogens with zero attached hydrogens (tertiary/aromatic N) is 3. The number of unbranched alkanes of at least 4 members (excludes halogenated alkanes) is 2. The summed E-state index contributed by atoms with van der Waals surface area (Å²) in [5, 5.41) is 10.9. The number of hydrogen-bond acceptors (Lipinski definition) is 4. The zero-order valence-electron chi connectivity index (χ0n) is 12.7. The lowest BCUT2D eigenvalue weighted by molar-refractivity contribution is 0.410. The molecule has 0 fully saturated rings. The molecular weight excluding hydrogens is 252 g/mol. The molecule has 1 heterocycles. The third-order valence-electron chi connectivity index (χ3n) is 3.82. The average Bonchev–Trinajstić information content (AvgIpc) is 2.42. The van der Waals surface area contributed by atoms with E-state index in [-0.39, 0.29) is 5.84 Å². The Balaban J connectivity index is 2.77. The first-order valence-corrected chi connectivity index (χ1v) is 7.30. The van der Waals surface area contributed by atoms with Crippen molar-refractivity contribution in [1.82, 2.24) is 5.43 Å². The molecule has 2 unspecified atom stereocenters. The van der Waals surface area contributed by atoms with Gasteiger partial charge in [-0.1, -0.05) is 44.4 Å². The van der Waals surface area contributed by atoms with Gasteiger partial charge >= 0.3 is 0 Å². The average molecular weight is 278 g/mol. The van der Waals surface area contributed by atoms with Crippen molar-refractivity contribution in [3.05, 3.63) is 11.8 Å². The van der Waals surface area contributed by atoms with Crippen LogP contribution in [0.25, 0.3) is 0 Å². The number of amidine groups is 1. The maximum absolute atomic E-state index is 6.72. The third-order valence-corrected chi connectivity index (χ3v) is 3.82. The highest BCUT2D eigenvalue weighted by Crippen LogP contribution is 2.25. The molecule has 112 valence electrons. The maximum Gasteiger partial charge on any atom is 0.172 e. The van der Waals surface area contributed by atoms with Crippen LogP contribution in [0.15, 0.2) is 27.2 Å². The van der Waals surface area contributed by atoms with Gasteiger partial charge in [-0.3, -0.25) is 5.43 Å². The molecule has 4 N–H and O–H groups in total. The van der Waals surface area contributed by atoms with Crippen molar-refractivity contribution < 1.29 is 0 Å². The lowest BCUT2D eigenvalue weighted by Crippen LogP contribution is -2.29. The maximum atomic E-state index is 6.72. The van der Waals surface area contributed by atoms with Crippen LogP contribution in [-0.4, -0.2) is 11.5 Å². The fourth-order valence-corrected chi connectivity index (χ4v) is 2.53. The topological polar surface area (TPSA) is 99.0 Å². The minimum atomic E-state index is 0.202. The zero-order valence-corrected chi connectivity index (χ0v) is 12.7. The van der Waals surface area contributed by atoms with Crippen molar-refractivity contribution >= 4 is 11.5 Å². The summed E-state index contributed by atoms with van der Waals surface area (Å²) < 4.78 is 0. The molecule has 0 bridgehead atoms. The van der Waals surface area contributed by atoms with Gasteiger partial charge in [0.2, 0.25) is 0 Å². The summed E-state index contributed by atoms with van der Waals surface area (Å²) in [5.74, 6) is 1.23. The van der Waals surface area contributed by atoms with E-state index in [1.807, 2.05) is 6.08 Å². The number of hydrazone groups is 1. The van der Waals surface area contributed by atoms with Crippen molar-refractivity contribution in [3.63, 3.8) is 0 Å². The molecule has 0 radical (unpaired) electrons. The van der Waals surface area contributed by atoms with Crippen LogP contribution in [-0.2, 0) is 0 Å². The first-order valence-electron chi connectivity index (χ1n) is 7.30. The summed E-state index contributed by atoms with van der Waals surface area (Å²) in [6, 6.07) is 0. The Bertz CT molecular complexity index is 410. The van der Waals surface area contributed by atoms with Crippen LogP contribution in [0.2, 0.25) is 0 Å². The van der Waals surface area contributed by atoms with Crippen molar-refractivity contribution in [2.75, 3.05) is 0 Å². The molecule has 0 aromatic rings.